The van der Waals surface area contributed by atoms with Crippen LogP contribution in [0.5, 0.6) is 11.5 Å². The number of phenols is 2. The lowest BCUT2D eigenvalue weighted by Gasteiger charge is -2.11. The molecule has 1 heterocycles. The van der Waals surface area contributed by atoms with Gasteiger partial charge >= 0.3 is 0 Å². The summed E-state index contributed by atoms with van der Waals surface area (Å²) < 4.78 is 10.8. The summed E-state index contributed by atoms with van der Waals surface area (Å²) in [5.74, 6) is 0.600. The van der Waals surface area contributed by atoms with E-state index in [0.717, 1.165) is 12.8 Å². The van der Waals surface area contributed by atoms with Gasteiger partial charge in [-0.3, -0.25) is 0 Å². The largest absolute Gasteiger partial charge is 0.508 e. The molecule has 0 aliphatic rings. The molecule has 0 aliphatic carbocycles. The Balaban J connectivity index is 2.27. The number of phenolic OH excluding ortho intramolecular Hbond substituents is 2. The molecule has 0 saturated heterocycles. The number of hydrogen-bond acceptors (Lipinski definition) is 6. The molecule has 1 aromatic heterocycles. The molecule has 0 radical (unpaired) electrons. The van der Waals surface area contributed by atoms with Gasteiger partial charge < -0.3 is 19.5 Å². The summed E-state index contributed by atoms with van der Waals surface area (Å²) >= 11 is 0. The van der Waals surface area contributed by atoms with E-state index in [2.05, 4.69) is 17.1 Å². The van der Waals surface area contributed by atoms with E-state index in [1.165, 1.54) is 18.2 Å². The van der Waals surface area contributed by atoms with Crippen molar-refractivity contribution in [3.05, 3.63) is 24.0 Å². The van der Waals surface area contributed by atoms with Gasteiger partial charge in [0.2, 0.25) is 5.82 Å². The lowest BCUT2D eigenvalue weighted by molar-refractivity contribution is 0.0478. The van der Waals surface area contributed by atoms with Crippen LogP contribution in [-0.4, -0.2) is 27.0 Å². The molecule has 6 nitrogen and oxygen atoms in total. The van der Waals surface area contributed by atoms with Gasteiger partial charge in [-0.15, -0.1) is 0 Å². The summed E-state index contributed by atoms with van der Waals surface area (Å²) in [6.07, 6.45) is 1.55. The molecule has 2 rings (SSSR count). The molecule has 20 heavy (non-hydrogen) atoms. The summed E-state index contributed by atoms with van der Waals surface area (Å²) in [6, 6.07) is 4.14. The quantitative estimate of drug-likeness (QED) is 0.844. The first kappa shape index (κ1) is 14.3. The molecule has 2 N–H and O–H groups in total. The molecule has 2 aromatic rings. The van der Waals surface area contributed by atoms with E-state index in [0.29, 0.717) is 18.0 Å². The second-order valence-corrected chi connectivity index (χ2v) is 4.43. The summed E-state index contributed by atoms with van der Waals surface area (Å²) in [6.45, 7) is 4.54. The van der Waals surface area contributed by atoms with Gasteiger partial charge in [0.05, 0.1) is 0 Å². The minimum absolute atomic E-state index is 0.0605. The van der Waals surface area contributed by atoms with Crippen molar-refractivity contribution in [3.8, 4) is 23.0 Å². The summed E-state index contributed by atoms with van der Waals surface area (Å²) in [7, 11) is 0. The highest BCUT2D eigenvalue weighted by Crippen LogP contribution is 2.29. The Kier molecular flexibility index (Phi) is 4.57. The molecule has 6 heteroatoms. The second-order valence-electron chi connectivity index (χ2n) is 4.43. The van der Waals surface area contributed by atoms with E-state index in [-0.39, 0.29) is 23.5 Å². The van der Waals surface area contributed by atoms with Crippen molar-refractivity contribution >= 4 is 0 Å². The summed E-state index contributed by atoms with van der Waals surface area (Å²) in [4.78, 5) is 4.28. The first-order valence-electron chi connectivity index (χ1n) is 6.62. The van der Waals surface area contributed by atoms with Crippen molar-refractivity contribution in [2.24, 2.45) is 0 Å². The molecule has 0 fully saturated rings. The van der Waals surface area contributed by atoms with E-state index >= 15 is 0 Å². The van der Waals surface area contributed by atoms with Crippen LogP contribution in [0.15, 0.2) is 22.7 Å². The topological polar surface area (TPSA) is 88.6 Å². The molecular weight excluding hydrogens is 260 g/mol. The first-order valence-corrected chi connectivity index (χ1v) is 6.62. The number of benzene rings is 1. The molecular formula is C14H18N2O4. The standard InChI is InChI=1S/C14H18N2O4/c1-3-5-12(19-4-2)13-15-14(20-16-13)9-6-10(17)8-11(18)7-9/h6-8,12,17-18H,3-5H2,1-2H3. The zero-order chi connectivity index (χ0) is 14.5. The molecule has 0 saturated carbocycles. The lowest BCUT2D eigenvalue weighted by atomic mass is 10.2. The van der Waals surface area contributed by atoms with Crippen molar-refractivity contribution < 1.29 is 19.5 Å². The third-order valence-corrected chi connectivity index (χ3v) is 2.80. The van der Waals surface area contributed by atoms with Gasteiger partial charge in [-0.2, -0.15) is 4.98 Å². The van der Waals surface area contributed by atoms with E-state index < -0.39 is 0 Å². The van der Waals surface area contributed by atoms with Crippen LogP contribution in [0.25, 0.3) is 11.5 Å². The van der Waals surface area contributed by atoms with Gasteiger partial charge in [0.25, 0.3) is 5.89 Å². The predicted molar refractivity (Wildman–Crippen MR) is 72.3 cm³/mol. The zero-order valence-corrected chi connectivity index (χ0v) is 11.5. The van der Waals surface area contributed by atoms with Crippen LogP contribution in [-0.2, 0) is 4.74 Å². The van der Waals surface area contributed by atoms with Crippen LogP contribution in [0.1, 0.15) is 38.6 Å². The number of aromatic hydroxyl groups is 2. The van der Waals surface area contributed by atoms with Gasteiger partial charge in [-0.05, 0) is 25.5 Å². The minimum atomic E-state index is -0.201. The molecule has 0 spiro atoms. The number of ether oxygens (including phenoxy) is 1. The fraction of sp³-hybridized carbons (Fsp3) is 0.429. The van der Waals surface area contributed by atoms with Crippen LogP contribution in [0.2, 0.25) is 0 Å². The van der Waals surface area contributed by atoms with Gasteiger partial charge in [0.15, 0.2) is 0 Å². The molecule has 1 atom stereocenters. The van der Waals surface area contributed by atoms with Crippen LogP contribution in [0, 0.1) is 0 Å². The maximum Gasteiger partial charge on any atom is 0.258 e. The predicted octanol–water partition coefficient (Wildman–Crippen LogP) is 3.03. The van der Waals surface area contributed by atoms with Crippen LogP contribution < -0.4 is 0 Å². The highest BCUT2D eigenvalue weighted by molar-refractivity contribution is 5.58. The number of aromatic nitrogens is 2. The fourth-order valence-corrected chi connectivity index (χ4v) is 1.95. The Bertz CT molecular complexity index is 542. The number of hydrogen-bond donors (Lipinski definition) is 2. The van der Waals surface area contributed by atoms with E-state index in [1.54, 1.807) is 0 Å². The van der Waals surface area contributed by atoms with E-state index in [9.17, 15) is 10.2 Å². The first-order chi connectivity index (χ1) is 9.63. The molecule has 0 aliphatic heterocycles. The van der Waals surface area contributed by atoms with E-state index in [4.69, 9.17) is 9.26 Å². The lowest BCUT2D eigenvalue weighted by Crippen LogP contribution is -2.05. The number of rotatable bonds is 6. The van der Waals surface area contributed by atoms with Gasteiger partial charge in [0, 0.05) is 18.2 Å². The third kappa shape index (κ3) is 3.27. The van der Waals surface area contributed by atoms with E-state index in [1.807, 2.05) is 6.92 Å². The SMILES string of the molecule is CCCC(OCC)c1noc(-c2cc(O)cc(O)c2)n1. The minimum Gasteiger partial charge on any atom is -0.508 e. The Labute approximate surface area is 117 Å². The average molecular weight is 278 g/mol. The highest BCUT2D eigenvalue weighted by atomic mass is 16.5. The average Bonchev–Trinajstić information content (AvgIpc) is 2.87. The van der Waals surface area contributed by atoms with Crippen molar-refractivity contribution in [2.75, 3.05) is 6.61 Å². The Morgan fingerprint density at radius 2 is 1.90 bits per heavy atom. The van der Waals surface area contributed by atoms with Crippen LogP contribution in [0.4, 0.5) is 0 Å². The molecule has 1 unspecified atom stereocenters. The van der Waals surface area contributed by atoms with Crippen molar-refractivity contribution in [1.82, 2.24) is 10.1 Å². The Hall–Kier alpha value is -2.08. The van der Waals surface area contributed by atoms with Crippen molar-refractivity contribution in [1.29, 1.82) is 0 Å². The summed E-state index contributed by atoms with van der Waals surface area (Å²) in [5, 5.41) is 22.8. The summed E-state index contributed by atoms with van der Waals surface area (Å²) in [5.41, 5.74) is 0.466. The monoisotopic (exact) mass is 278 g/mol. The van der Waals surface area contributed by atoms with Gasteiger partial charge in [-0.25, -0.2) is 0 Å². The third-order valence-electron chi connectivity index (χ3n) is 2.80. The van der Waals surface area contributed by atoms with Crippen LogP contribution in [0.3, 0.4) is 0 Å². The zero-order valence-electron chi connectivity index (χ0n) is 11.5. The van der Waals surface area contributed by atoms with Gasteiger partial charge in [-0.1, -0.05) is 18.5 Å². The highest BCUT2D eigenvalue weighted by Gasteiger charge is 2.19. The fourth-order valence-electron chi connectivity index (χ4n) is 1.95. The molecule has 0 bridgehead atoms. The number of nitrogens with zero attached hydrogens (tertiary/aromatic N) is 2. The van der Waals surface area contributed by atoms with Crippen molar-refractivity contribution in [2.45, 2.75) is 32.8 Å². The molecule has 1 aromatic carbocycles. The second kappa shape index (κ2) is 6.38. The molecule has 108 valence electrons. The molecule has 0 amide bonds. The Morgan fingerprint density at radius 3 is 2.50 bits per heavy atom. The maximum atomic E-state index is 9.47. The smallest absolute Gasteiger partial charge is 0.258 e. The van der Waals surface area contributed by atoms with Crippen molar-refractivity contribution in [3.63, 3.8) is 0 Å². The van der Waals surface area contributed by atoms with Crippen LogP contribution >= 0.6 is 0 Å². The maximum absolute atomic E-state index is 9.47. The Morgan fingerprint density at radius 1 is 1.20 bits per heavy atom. The normalized spacial score (nSPS) is 12.5. The van der Waals surface area contributed by atoms with Gasteiger partial charge in [0.1, 0.15) is 17.6 Å².